The fraction of sp³-hybridized carbons (Fsp3) is 0.333. The quantitative estimate of drug-likeness (QED) is 0.154. The molecule has 3 rings (SSSR count). The van der Waals surface area contributed by atoms with Crippen molar-refractivity contribution in [1.82, 2.24) is 0 Å². The molecule has 0 fully saturated rings. The summed E-state index contributed by atoms with van der Waals surface area (Å²) in [6, 6.07) is 5.97. The van der Waals surface area contributed by atoms with E-state index in [1.165, 1.54) is 32.2 Å². The molecule has 1 aromatic heterocycles. The fourth-order valence-corrected chi connectivity index (χ4v) is 3.15. The van der Waals surface area contributed by atoms with Crippen molar-refractivity contribution < 1.29 is 32.9 Å². The minimum absolute atomic E-state index is 0.0167. The number of esters is 1. The molecular weight excluding hydrogens is 452 g/mol. The number of benzene rings is 2. The number of hydrogen-bond donors (Lipinski definition) is 0. The highest BCUT2D eigenvalue weighted by Crippen LogP contribution is 2.41. The smallest absolute Gasteiger partial charge is 0.308 e. The highest BCUT2D eigenvalue weighted by atomic mass is 16.7. The third-order valence-corrected chi connectivity index (χ3v) is 4.81. The van der Waals surface area contributed by atoms with Gasteiger partial charge in [0.15, 0.2) is 29.3 Å². The highest BCUT2D eigenvalue weighted by molar-refractivity contribution is 5.97. The van der Waals surface area contributed by atoms with E-state index >= 15 is 0 Å². The number of rotatable bonds is 8. The van der Waals surface area contributed by atoms with Gasteiger partial charge in [-0.3, -0.25) is 9.59 Å². The molecule has 0 aliphatic heterocycles. The molecule has 0 bridgehead atoms. The molecule has 0 radical (unpaired) electrons. The number of fused-ring (bicyclic) bond motifs is 2. The molecule has 0 aliphatic rings. The molecule has 3 aromatic rings. The van der Waals surface area contributed by atoms with Crippen molar-refractivity contribution in [2.45, 2.75) is 45.8 Å². The Bertz CT molecular complexity index is 1430. The molecule has 35 heavy (non-hydrogen) atoms. The Morgan fingerprint density at radius 1 is 1.03 bits per heavy atom. The lowest BCUT2D eigenvalue weighted by Gasteiger charge is -2.26. The first kappa shape index (κ1) is 25.5. The van der Waals surface area contributed by atoms with Gasteiger partial charge >= 0.3 is 5.97 Å². The first-order valence-electron chi connectivity index (χ1n) is 10.6. The van der Waals surface area contributed by atoms with Gasteiger partial charge in [0.05, 0.1) is 5.39 Å². The van der Waals surface area contributed by atoms with Crippen LogP contribution in [0, 0.1) is 24.7 Å². The SMILES string of the molecule is C#CC(C)(C)Oc1ccc2c(=O)c3c(OC(C)=O)cc(OCOC)cc3oc2c1OC(C)(C)C#C. The summed E-state index contributed by atoms with van der Waals surface area (Å²) in [5, 5.41) is 0.211. The summed E-state index contributed by atoms with van der Waals surface area (Å²) in [5.41, 5.74) is -2.36. The Morgan fingerprint density at radius 3 is 2.29 bits per heavy atom. The van der Waals surface area contributed by atoms with Crippen LogP contribution in [0.25, 0.3) is 21.9 Å². The van der Waals surface area contributed by atoms with Crippen LogP contribution >= 0.6 is 0 Å². The maximum Gasteiger partial charge on any atom is 0.308 e. The average molecular weight is 478 g/mol. The summed E-state index contributed by atoms with van der Waals surface area (Å²) in [6.07, 6.45) is 11.2. The van der Waals surface area contributed by atoms with Gasteiger partial charge < -0.3 is 28.1 Å². The topological polar surface area (TPSA) is 93.4 Å². The van der Waals surface area contributed by atoms with Crippen molar-refractivity contribution in [2.24, 2.45) is 0 Å². The van der Waals surface area contributed by atoms with E-state index in [1.807, 2.05) is 0 Å². The minimum Gasteiger partial charge on any atom is -0.471 e. The Kier molecular flexibility index (Phi) is 7.00. The van der Waals surface area contributed by atoms with Crippen LogP contribution in [0.4, 0.5) is 0 Å². The largest absolute Gasteiger partial charge is 0.471 e. The highest BCUT2D eigenvalue weighted by Gasteiger charge is 2.28. The van der Waals surface area contributed by atoms with E-state index < -0.39 is 22.6 Å². The Morgan fingerprint density at radius 2 is 1.69 bits per heavy atom. The zero-order valence-corrected chi connectivity index (χ0v) is 20.4. The molecule has 0 saturated carbocycles. The number of carbonyl (C=O) groups excluding carboxylic acids is 1. The zero-order chi connectivity index (χ0) is 26.0. The van der Waals surface area contributed by atoms with E-state index in [1.54, 1.807) is 33.8 Å². The molecule has 0 amide bonds. The first-order valence-corrected chi connectivity index (χ1v) is 10.6. The van der Waals surface area contributed by atoms with Crippen LogP contribution in [-0.4, -0.2) is 31.1 Å². The van der Waals surface area contributed by atoms with Gasteiger partial charge in [0.1, 0.15) is 22.5 Å². The second kappa shape index (κ2) is 9.61. The second-order valence-electron chi connectivity index (χ2n) is 8.65. The first-order chi connectivity index (χ1) is 16.4. The van der Waals surface area contributed by atoms with E-state index in [9.17, 15) is 9.59 Å². The Labute approximate surface area is 203 Å². The average Bonchev–Trinajstić information content (AvgIpc) is 2.78. The molecular formula is C27H26O8. The summed E-state index contributed by atoms with van der Waals surface area (Å²) in [6.45, 7) is 7.91. The molecule has 8 heteroatoms. The summed E-state index contributed by atoms with van der Waals surface area (Å²) in [7, 11) is 1.46. The van der Waals surface area contributed by atoms with E-state index in [2.05, 4.69) is 11.8 Å². The molecule has 0 saturated heterocycles. The molecule has 0 spiro atoms. The predicted octanol–water partition coefficient (Wildman–Crippen LogP) is 4.44. The van der Waals surface area contributed by atoms with Gasteiger partial charge in [-0.15, -0.1) is 12.8 Å². The molecule has 182 valence electrons. The summed E-state index contributed by atoms with van der Waals surface area (Å²) in [5.74, 6) is 5.05. The van der Waals surface area contributed by atoms with Gasteiger partial charge in [-0.1, -0.05) is 11.8 Å². The summed E-state index contributed by atoms with van der Waals surface area (Å²) >= 11 is 0. The number of hydrogen-bond acceptors (Lipinski definition) is 8. The van der Waals surface area contributed by atoms with Crippen molar-refractivity contribution in [3.8, 4) is 47.7 Å². The number of methoxy groups -OCH3 is 1. The molecule has 0 unspecified atom stereocenters. The molecule has 2 aromatic carbocycles. The van der Waals surface area contributed by atoms with E-state index in [-0.39, 0.29) is 51.7 Å². The molecule has 8 nitrogen and oxygen atoms in total. The van der Waals surface area contributed by atoms with Gasteiger partial charge in [0.25, 0.3) is 0 Å². The van der Waals surface area contributed by atoms with Crippen molar-refractivity contribution in [3.63, 3.8) is 0 Å². The maximum atomic E-state index is 13.6. The predicted molar refractivity (Wildman–Crippen MR) is 131 cm³/mol. The van der Waals surface area contributed by atoms with Gasteiger partial charge in [-0.2, -0.15) is 0 Å². The number of ether oxygens (including phenoxy) is 5. The van der Waals surface area contributed by atoms with E-state index in [0.717, 1.165) is 0 Å². The molecule has 0 aliphatic carbocycles. The van der Waals surface area contributed by atoms with Gasteiger partial charge in [0, 0.05) is 26.2 Å². The van der Waals surface area contributed by atoms with Crippen LogP contribution in [0.15, 0.2) is 33.5 Å². The normalized spacial score (nSPS) is 11.5. The third kappa shape index (κ3) is 5.51. The van der Waals surface area contributed by atoms with E-state index in [0.29, 0.717) is 0 Å². The van der Waals surface area contributed by atoms with Crippen LogP contribution < -0.4 is 24.4 Å². The van der Waals surface area contributed by atoms with Crippen LogP contribution in [0.1, 0.15) is 34.6 Å². The number of terminal acetylenes is 2. The van der Waals surface area contributed by atoms with Crippen molar-refractivity contribution >= 4 is 27.9 Å². The van der Waals surface area contributed by atoms with Crippen LogP contribution in [0.5, 0.6) is 23.0 Å². The molecule has 0 N–H and O–H groups in total. The lowest BCUT2D eigenvalue weighted by atomic mass is 10.1. The minimum atomic E-state index is -1.08. The van der Waals surface area contributed by atoms with E-state index in [4.69, 9.17) is 40.9 Å². The monoisotopic (exact) mass is 478 g/mol. The summed E-state index contributed by atoms with van der Waals surface area (Å²) in [4.78, 5) is 25.3. The zero-order valence-electron chi connectivity index (χ0n) is 20.4. The Hall–Kier alpha value is -4.14. The van der Waals surface area contributed by atoms with Gasteiger partial charge in [0.2, 0.25) is 11.2 Å². The summed E-state index contributed by atoms with van der Waals surface area (Å²) < 4.78 is 33.9. The van der Waals surface area contributed by atoms with Crippen LogP contribution in [0.3, 0.4) is 0 Å². The van der Waals surface area contributed by atoms with Crippen LogP contribution in [0.2, 0.25) is 0 Å². The third-order valence-electron chi connectivity index (χ3n) is 4.81. The van der Waals surface area contributed by atoms with Gasteiger partial charge in [-0.05, 0) is 39.8 Å². The van der Waals surface area contributed by atoms with Gasteiger partial charge in [-0.25, -0.2) is 0 Å². The number of carbonyl (C=O) groups is 1. The van der Waals surface area contributed by atoms with Crippen molar-refractivity contribution in [1.29, 1.82) is 0 Å². The standard InChI is InChI=1S/C27H26O8/c1-9-26(4,5)34-19-12-11-18-23(29)22-20(32-16(3)28)13-17(31-15-30-8)14-21(22)33-24(18)25(19)35-27(6,7)10-2/h1-2,11-14H,15H2,3-8H3. The second-order valence-corrected chi connectivity index (χ2v) is 8.65. The van der Waals surface area contributed by atoms with Crippen molar-refractivity contribution in [2.75, 3.05) is 13.9 Å². The fourth-order valence-electron chi connectivity index (χ4n) is 3.15. The van der Waals surface area contributed by atoms with Crippen molar-refractivity contribution in [3.05, 3.63) is 34.5 Å². The molecule has 1 heterocycles. The Balaban J connectivity index is 2.41. The maximum absolute atomic E-state index is 13.6. The lowest BCUT2D eigenvalue weighted by molar-refractivity contribution is -0.131. The lowest BCUT2D eigenvalue weighted by Crippen LogP contribution is -2.29. The van der Waals surface area contributed by atoms with Crippen LogP contribution in [-0.2, 0) is 9.53 Å². The molecule has 0 atom stereocenters.